The molecule has 5 nitrogen and oxygen atoms in total. The highest BCUT2D eigenvalue weighted by Gasteiger charge is 2.08. The molecule has 0 saturated carbocycles. The molecule has 0 aliphatic rings. The van der Waals surface area contributed by atoms with Crippen LogP contribution in [0.5, 0.6) is 0 Å². The Morgan fingerprint density at radius 1 is 1.26 bits per heavy atom. The number of rotatable bonds is 5. The molecule has 0 aliphatic carbocycles. The highest BCUT2D eigenvalue weighted by Crippen LogP contribution is 2.20. The van der Waals surface area contributed by atoms with E-state index < -0.39 is 0 Å². The normalized spacial score (nSPS) is 9.42. The number of benzene rings is 1. The predicted octanol–water partition coefficient (Wildman–Crippen LogP) is 3.97. The molecule has 1 rings (SSSR count). The first-order chi connectivity index (χ1) is 9.10. The lowest BCUT2D eigenvalue weighted by atomic mass is 10.0. The number of allylic oxidation sites excluding steroid dienone is 1. The van der Waals surface area contributed by atoms with Crippen molar-refractivity contribution in [1.29, 1.82) is 0 Å². The largest absolute Gasteiger partial charge is 0.462 e. The van der Waals surface area contributed by atoms with Gasteiger partial charge >= 0.3 is 5.97 Å². The topological polar surface area (TPSA) is 75.1 Å². The summed E-state index contributed by atoms with van der Waals surface area (Å²) in [6, 6.07) is 7.10. The van der Waals surface area contributed by atoms with Gasteiger partial charge < -0.3 is 4.74 Å². The Hall–Kier alpha value is -2.26. The minimum absolute atomic E-state index is 0.303. The van der Waals surface area contributed by atoms with Crippen molar-refractivity contribution in [2.75, 3.05) is 13.2 Å². The molecule has 0 aromatic heterocycles. The minimum atomic E-state index is -0.331. The molecule has 0 amide bonds. The fourth-order valence-corrected chi connectivity index (χ4v) is 1.66. The van der Waals surface area contributed by atoms with Gasteiger partial charge in [0.2, 0.25) is 0 Å². The molecular formula is C14H17N3O2. The van der Waals surface area contributed by atoms with Crippen molar-refractivity contribution in [2.24, 2.45) is 5.11 Å². The molecule has 0 unspecified atom stereocenters. The van der Waals surface area contributed by atoms with Crippen LogP contribution in [0.2, 0.25) is 0 Å². The molecule has 100 valence electrons. The second kappa shape index (κ2) is 7.24. The summed E-state index contributed by atoms with van der Waals surface area (Å²) in [7, 11) is 0. The number of ether oxygens (including phenoxy) is 1. The maximum atomic E-state index is 11.5. The van der Waals surface area contributed by atoms with E-state index in [2.05, 4.69) is 10.0 Å². The van der Waals surface area contributed by atoms with Gasteiger partial charge in [-0.25, -0.2) is 4.79 Å². The molecule has 1 aromatic rings. The molecule has 0 spiro atoms. The molecule has 0 N–H and O–H groups in total. The minimum Gasteiger partial charge on any atom is -0.462 e. The van der Waals surface area contributed by atoms with Crippen LogP contribution in [0.15, 0.2) is 35.0 Å². The summed E-state index contributed by atoms with van der Waals surface area (Å²) >= 11 is 0. The van der Waals surface area contributed by atoms with E-state index in [9.17, 15) is 4.79 Å². The van der Waals surface area contributed by atoms with E-state index in [1.807, 2.05) is 26.0 Å². The van der Waals surface area contributed by atoms with Gasteiger partial charge in [0.15, 0.2) is 0 Å². The Balaban J connectivity index is 2.99. The summed E-state index contributed by atoms with van der Waals surface area (Å²) in [4.78, 5) is 14.3. The molecular weight excluding hydrogens is 242 g/mol. The van der Waals surface area contributed by atoms with Crippen LogP contribution < -0.4 is 0 Å². The Labute approximate surface area is 112 Å². The number of esters is 1. The van der Waals surface area contributed by atoms with Crippen LogP contribution in [-0.2, 0) is 4.74 Å². The van der Waals surface area contributed by atoms with E-state index in [0.29, 0.717) is 18.7 Å². The van der Waals surface area contributed by atoms with E-state index in [0.717, 1.165) is 16.7 Å². The van der Waals surface area contributed by atoms with Crippen molar-refractivity contribution in [1.82, 2.24) is 0 Å². The Kier molecular flexibility index (Phi) is 5.64. The molecule has 5 heteroatoms. The van der Waals surface area contributed by atoms with Gasteiger partial charge in [-0.3, -0.25) is 0 Å². The van der Waals surface area contributed by atoms with Crippen molar-refractivity contribution >= 4 is 11.5 Å². The van der Waals surface area contributed by atoms with E-state index in [-0.39, 0.29) is 5.97 Å². The molecule has 0 heterocycles. The van der Waals surface area contributed by atoms with Gasteiger partial charge in [-0.05, 0) is 49.6 Å². The first-order valence-corrected chi connectivity index (χ1v) is 6.05. The van der Waals surface area contributed by atoms with Crippen LogP contribution >= 0.6 is 0 Å². The first kappa shape index (κ1) is 14.8. The summed E-state index contributed by atoms with van der Waals surface area (Å²) in [5.74, 6) is -0.331. The second-order valence-electron chi connectivity index (χ2n) is 4.17. The van der Waals surface area contributed by atoms with Crippen molar-refractivity contribution in [3.05, 3.63) is 51.4 Å². The zero-order valence-electron chi connectivity index (χ0n) is 11.4. The fraction of sp³-hybridized carbons (Fsp3) is 0.357. The average Bonchev–Trinajstić information content (AvgIpc) is 2.40. The van der Waals surface area contributed by atoms with E-state index >= 15 is 0 Å². The lowest BCUT2D eigenvalue weighted by Gasteiger charge is -2.08. The van der Waals surface area contributed by atoms with Crippen LogP contribution in [0.25, 0.3) is 16.0 Å². The van der Waals surface area contributed by atoms with Crippen molar-refractivity contribution < 1.29 is 9.53 Å². The number of hydrogen-bond donors (Lipinski definition) is 0. The molecule has 19 heavy (non-hydrogen) atoms. The SMILES string of the molecule is CCOC(=O)c1ccc(C(CN=[N+]=[N-])=C(C)C)cc1. The molecule has 1 aromatic carbocycles. The molecule has 0 bridgehead atoms. The molecule has 0 saturated heterocycles. The Morgan fingerprint density at radius 2 is 1.84 bits per heavy atom. The Bertz CT molecular complexity index is 522. The Morgan fingerprint density at radius 3 is 2.32 bits per heavy atom. The van der Waals surface area contributed by atoms with Crippen LogP contribution in [-0.4, -0.2) is 19.1 Å². The van der Waals surface area contributed by atoms with Gasteiger partial charge in [0, 0.05) is 4.91 Å². The van der Waals surface area contributed by atoms with Crippen LogP contribution in [0.3, 0.4) is 0 Å². The zero-order chi connectivity index (χ0) is 14.3. The van der Waals surface area contributed by atoms with Crippen molar-refractivity contribution in [2.45, 2.75) is 20.8 Å². The number of carbonyl (C=O) groups is 1. The van der Waals surface area contributed by atoms with E-state index in [1.54, 1.807) is 19.1 Å². The lowest BCUT2D eigenvalue weighted by molar-refractivity contribution is 0.0526. The van der Waals surface area contributed by atoms with Gasteiger partial charge in [-0.15, -0.1) is 0 Å². The van der Waals surface area contributed by atoms with Crippen molar-refractivity contribution in [3.63, 3.8) is 0 Å². The summed E-state index contributed by atoms with van der Waals surface area (Å²) in [5, 5.41) is 3.59. The molecule has 0 fully saturated rings. The summed E-state index contributed by atoms with van der Waals surface area (Å²) in [6.45, 7) is 6.35. The number of nitrogens with zero attached hydrogens (tertiary/aromatic N) is 3. The standard InChI is InChI=1S/C14H17N3O2/c1-4-19-14(18)12-7-5-11(6-8-12)13(10(2)3)9-16-17-15/h5-8H,4,9H2,1-3H3. The van der Waals surface area contributed by atoms with Crippen LogP contribution in [0.4, 0.5) is 0 Å². The predicted molar refractivity (Wildman–Crippen MR) is 74.7 cm³/mol. The summed E-state index contributed by atoms with van der Waals surface area (Å²) in [5.41, 5.74) is 11.9. The zero-order valence-corrected chi connectivity index (χ0v) is 11.4. The average molecular weight is 259 g/mol. The smallest absolute Gasteiger partial charge is 0.338 e. The third-order valence-corrected chi connectivity index (χ3v) is 2.64. The number of azide groups is 1. The van der Waals surface area contributed by atoms with Gasteiger partial charge in [0.1, 0.15) is 0 Å². The van der Waals surface area contributed by atoms with Crippen molar-refractivity contribution in [3.8, 4) is 0 Å². The van der Waals surface area contributed by atoms with Gasteiger partial charge in [0.25, 0.3) is 0 Å². The van der Waals surface area contributed by atoms with Gasteiger partial charge in [-0.1, -0.05) is 22.8 Å². The van der Waals surface area contributed by atoms with Gasteiger partial charge in [0.05, 0.1) is 18.7 Å². The quantitative estimate of drug-likeness (QED) is 0.347. The van der Waals surface area contributed by atoms with E-state index in [1.165, 1.54) is 0 Å². The maximum absolute atomic E-state index is 11.5. The van der Waals surface area contributed by atoms with E-state index in [4.69, 9.17) is 10.3 Å². The summed E-state index contributed by atoms with van der Waals surface area (Å²) in [6.07, 6.45) is 0. The third-order valence-electron chi connectivity index (χ3n) is 2.64. The number of hydrogen-bond acceptors (Lipinski definition) is 3. The van der Waals surface area contributed by atoms with Crippen LogP contribution in [0.1, 0.15) is 36.7 Å². The molecule has 0 atom stereocenters. The molecule has 0 aliphatic heterocycles. The first-order valence-electron chi connectivity index (χ1n) is 6.05. The highest BCUT2D eigenvalue weighted by molar-refractivity contribution is 5.89. The highest BCUT2D eigenvalue weighted by atomic mass is 16.5. The maximum Gasteiger partial charge on any atom is 0.338 e. The lowest BCUT2D eigenvalue weighted by Crippen LogP contribution is -2.04. The van der Waals surface area contributed by atoms with Crippen LogP contribution in [0, 0.1) is 0 Å². The fourth-order valence-electron chi connectivity index (χ4n) is 1.66. The van der Waals surface area contributed by atoms with Gasteiger partial charge in [-0.2, -0.15) is 0 Å². The summed E-state index contributed by atoms with van der Waals surface area (Å²) < 4.78 is 4.92. The second-order valence-corrected chi connectivity index (χ2v) is 4.17. The monoisotopic (exact) mass is 259 g/mol. The molecule has 0 radical (unpaired) electrons. The number of carbonyl (C=O) groups excluding carboxylic acids is 1. The third kappa shape index (κ3) is 4.16.